The van der Waals surface area contributed by atoms with Crippen molar-refractivity contribution in [2.24, 2.45) is 5.92 Å². The van der Waals surface area contributed by atoms with E-state index in [0.29, 0.717) is 28.9 Å². The molecule has 1 heterocycles. The van der Waals surface area contributed by atoms with Crippen LogP contribution in [0.25, 0.3) is 22.1 Å². The highest BCUT2D eigenvalue weighted by atomic mass is 79.9. The van der Waals surface area contributed by atoms with Gasteiger partial charge in [-0.2, -0.15) is 0 Å². The average Bonchev–Trinajstić information content (AvgIpc) is 2.77. The minimum absolute atomic E-state index is 0.0584. The molecule has 1 atom stereocenters. The first-order valence-electron chi connectivity index (χ1n) is 10.6. The fourth-order valence-electron chi connectivity index (χ4n) is 4.00. The lowest BCUT2D eigenvalue weighted by molar-refractivity contribution is 0.448. The molecule has 3 nitrogen and oxygen atoms in total. The number of para-hydroxylation sites is 1. The van der Waals surface area contributed by atoms with Gasteiger partial charge in [0, 0.05) is 4.47 Å². The largest absolute Gasteiger partial charge is 0.507 e. The first-order valence-corrected chi connectivity index (χ1v) is 11.4. The van der Waals surface area contributed by atoms with Crippen LogP contribution >= 0.6 is 15.9 Å². The van der Waals surface area contributed by atoms with Crippen molar-refractivity contribution >= 4 is 26.9 Å². The van der Waals surface area contributed by atoms with Crippen LogP contribution in [0.1, 0.15) is 30.9 Å². The van der Waals surface area contributed by atoms with E-state index in [-0.39, 0.29) is 5.75 Å². The SMILES string of the molecule is CC(CCCc1c(O)c2ccccc2oc1=O)Cc1ccc(-c2ccc(Br)cc2)cc1. The van der Waals surface area contributed by atoms with E-state index in [2.05, 4.69) is 71.4 Å². The van der Waals surface area contributed by atoms with Crippen molar-refractivity contribution in [2.45, 2.75) is 32.6 Å². The van der Waals surface area contributed by atoms with E-state index >= 15 is 0 Å². The molecule has 0 saturated heterocycles. The molecule has 4 aromatic rings. The summed E-state index contributed by atoms with van der Waals surface area (Å²) < 4.78 is 6.44. The molecular weight excluding hydrogens is 452 g/mol. The fourth-order valence-corrected chi connectivity index (χ4v) is 4.26. The quantitative estimate of drug-likeness (QED) is 0.288. The molecule has 0 aliphatic carbocycles. The Hall–Kier alpha value is -2.85. The highest BCUT2D eigenvalue weighted by Crippen LogP contribution is 2.28. The van der Waals surface area contributed by atoms with Gasteiger partial charge in [0.1, 0.15) is 11.3 Å². The minimum atomic E-state index is -0.438. The molecule has 3 aromatic carbocycles. The first-order chi connectivity index (χ1) is 15.0. The predicted molar refractivity (Wildman–Crippen MR) is 130 cm³/mol. The predicted octanol–water partition coefficient (Wildman–Crippen LogP) is 7.13. The molecule has 158 valence electrons. The van der Waals surface area contributed by atoms with Gasteiger partial charge < -0.3 is 9.52 Å². The number of aromatic hydroxyl groups is 1. The van der Waals surface area contributed by atoms with Crippen LogP contribution in [0.5, 0.6) is 5.75 Å². The molecule has 0 aliphatic heterocycles. The third-order valence-corrected chi connectivity index (χ3v) is 6.25. The minimum Gasteiger partial charge on any atom is -0.507 e. The van der Waals surface area contributed by atoms with E-state index in [4.69, 9.17) is 4.42 Å². The maximum Gasteiger partial charge on any atom is 0.343 e. The number of halogens is 1. The third kappa shape index (κ3) is 5.08. The summed E-state index contributed by atoms with van der Waals surface area (Å²) in [7, 11) is 0. The van der Waals surface area contributed by atoms with Gasteiger partial charge in [-0.3, -0.25) is 0 Å². The molecule has 4 heteroatoms. The average molecular weight is 477 g/mol. The summed E-state index contributed by atoms with van der Waals surface area (Å²) in [6.07, 6.45) is 3.31. The van der Waals surface area contributed by atoms with Gasteiger partial charge in [0.2, 0.25) is 0 Å². The number of fused-ring (bicyclic) bond motifs is 1. The summed E-state index contributed by atoms with van der Waals surface area (Å²) in [5, 5.41) is 11.1. The van der Waals surface area contributed by atoms with Crippen LogP contribution in [0.2, 0.25) is 0 Å². The molecule has 0 bridgehead atoms. The van der Waals surface area contributed by atoms with Gasteiger partial charge in [-0.15, -0.1) is 0 Å². The standard InChI is InChI=1S/C27H25BrO3/c1-18(17-19-9-11-20(12-10-19)21-13-15-22(28)16-14-21)5-4-7-24-26(29)23-6-2-3-8-25(23)31-27(24)30/h2-3,6,8-16,18,29H,4-5,7,17H2,1H3. The van der Waals surface area contributed by atoms with Gasteiger partial charge in [0.15, 0.2) is 0 Å². The Morgan fingerprint density at radius 2 is 1.58 bits per heavy atom. The Bertz CT molecular complexity index is 1220. The lowest BCUT2D eigenvalue weighted by Crippen LogP contribution is -2.09. The van der Waals surface area contributed by atoms with Crippen molar-refractivity contribution in [2.75, 3.05) is 0 Å². The van der Waals surface area contributed by atoms with Crippen molar-refractivity contribution in [3.63, 3.8) is 0 Å². The van der Waals surface area contributed by atoms with Crippen LogP contribution in [0.15, 0.2) is 86.5 Å². The molecule has 31 heavy (non-hydrogen) atoms. The first kappa shape index (κ1) is 21.4. The summed E-state index contributed by atoms with van der Waals surface area (Å²) in [6, 6.07) is 24.2. The van der Waals surface area contributed by atoms with Gasteiger partial charge in [-0.1, -0.05) is 77.8 Å². The van der Waals surface area contributed by atoms with Crippen molar-refractivity contribution in [1.29, 1.82) is 0 Å². The van der Waals surface area contributed by atoms with Crippen molar-refractivity contribution < 1.29 is 9.52 Å². The van der Waals surface area contributed by atoms with Gasteiger partial charge >= 0.3 is 5.63 Å². The fraction of sp³-hybridized carbons (Fsp3) is 0.222. The second kappa shape index (κ2) is 9.52. The topological polar surface area (TPSA) is 50.4 Å². The zero-order valence-electron chi connectivity index (χ0n) is 17.5. The number of benzene rings is 3. The molecule has 0 amide bonds. The number of rotatable bonds is 7. The van der Waals surface area contributed by atoms with E-state index in [1.54, 1.807) is 18.2 Å². The number of hydrogen-bond acceptors (Lipinski definition) is 3. The van der Waals surface area contributed by atoms with E-state index < -0.39 is 5.63 Å². The summed E-state index contributed by atoms with van der Waals surface area (Å²) in [6.45, 7) is 2.23. The summed E-state index contributed by atoms with van der Waals surface area (Å²) in [5.74, 6) is 0.538. The summed E-state index contributed by atoms with van der Waals surface area (Å²) >= 11 is 3.47. The second-order valence-corrected chi connectivity index (χ2v) is 9.03. The van der Waals surface area contributed by atoms with E-state index in [1.165, 1.54) is 16.7 Å². The second-order valence-electron chi connectivity index (χ2n) is 8.12. The maximum absolute atomic E-state index is 12.3. The molecule has 0 aliphatic rings. The molecule has 0 spiro atoms. The summed E-state index contributed by atoms with van der Waals surface area (Å²) in [4.78, 5) is 12.3. The number of hydrogen-bond donors (Lipinski definition) is 1. The van der Waals surface area contributed by atoms with E-state index in [1.807, 2.05) is 6.07 Å². The van der Waals surface area contributed by atoms with E-state index in [9.17, 15) is 9.90 Å². The Balaban J connectivity index is 1.34. The Morgan fingerprint density at radius 3 is 2.29 bits per heavy atom. The van der Waals surface area contributed by atoms with Crippen LogP contribution < -0.4 is 5.63 Å². The molecular formula is C27H25BrO3. The molecule has 1 unspecified atom stereocenters. The maximum atomic E-state index is 12.3. The van der Waals surface area contributed by atoms with Crippen molar-refractivity contribution in [1.82, 2.24) is 0 Å². The highest BCUT2D eigenvalue weighted by molar-refractivity contribution is 9.10. The molecule has 0 saturated carbocycles. The van der Waals surface area contributed by atoms with Gasteiger partial charge in [-0.25, -0.2) is 4.79 Å². The molecule has 0 fully saturated rings. The highest BCUT2D eigenvalue weighted by Gasteiger charge is 2.14. The van der Waals surface area contributed by atoms with Crippen LogP contribution in [0, 0.1) is 5.92 Å². The Morgan fingerprint density at radius 1 is 0.935 bits per heavy atom. The van der Waals surface area contributed by atoms with Crippen molar-refractivity contribution in [3.05, 3.63) is 98.8 Å². The smallest absolute Gasteiger partial charge is 0.343 e. The molecule has 1 aromatic heterocycles. The van der Waals surface area contributed by atoms with Crippen LogP contribution in [0.3, 0.4) is 0 Å². The Kier molecular flexibility index (Phi) is 6.57. The summed E-state index contributed by atoms with van der Waals surface area (Å²) in [5.41, 5.74) is 4.09. The van der Waals surface area contributed by atoms with Crippen LogP contribution in [-0.4, -0.2) is 5.11 Å². The van der Waals surface area contributed by atoms with Gasteiger partial charge in [0.05, 0.1) is 10.9 Å². The zero-order chi connectivity index (χ0) is 21.8. The van der Waals surface area contributed by atoms with E-state index in [0.717, 1.165) is 23.7 Å². The lowest BCUT2D eigenvalue weighted by Gasteiger charge is -2.12. The van der Waals surface area contributed by atoms with Crippen molar-refractivity contribution in [3.8, 4) is 16.9 Å². The molecule has 0 radical (unpaired) electrons. The zero-order valence-corrected chi connectivity index (χ0v) is 19.1. The van der Waals surface area contributed by atoms with Gasteiger partial charge in [-0.05, 0) is 66.1 Å². The molecule has 4 rings (SSSR count). The van der Waals surface area contributed by atoms with Crippen LogP contribution in [-0.2, 0) is 12.8 Å². The normalized spacial score (nSPS) is 12.2. The molecule has 1 N–H and O–H groups in total. The monoisotopic (exact) mass is 476 g/mol. The van der Waals surface area contributed by atoms with Gasteiger partial charge in [0.25, 0.3) is 0 Å². The van der Waals surface area contributed by atoms with Crippen LogP contribution in [0.4, 0.5) is 0 Å². The third-order valence-electron chi connectivity index (χ3n) is 5.72. The lowest BCUT2D eigenvalue weighted by atomic mass is 9.93. The Labute approximate surface area is 190 Å².